The van der Waals surface area contributed by atoms with Crippen molar-refractivity contribution in [1.82, 2.24) is 20.2 Å². The van der Waals surface area contributed by atoms with Crippen LogP contribution in [-0.2, 0) is 6.54 Å². The smallest absolute Gasteiger partial charge is 0.356 e. The van der Waals surface area contributed by atoms with E-state index in [1.807, 2.05) is 0 Å². The number of nitrogens with one attached hydrogen (secondary N) is 2. The molecule has 0 aliphatic heterocycles. The van der Waals surface area contributed by atoms with E-state index in [1.165, 1.54) is 31.8 Å². The monoisotopic (exact) mass is 294 g/mol. The predicted molar refractivity (Wildman–Crippen MR) is 77.2 cm³/mol. The van der Waals surface area contributed by atoms with E-state index in [-0.39, 0.29) is 11.7 Å². The van der Waals surface area contributed by atoms with Gasteiger partial charge in [-0.2, -0.15) is 0 Å². The highest BCUT2D eigenvalue weighted by atomic mass is 16.4. The van der Waals surface area contributed by atoms with Crippen LogP contribution in [0.5, 0.6) is 0 Å². The van der Waals surface area contributed by atoms with Gasteiger partial charge in [0.2, 0.25) is 0 Å². The fraction of sp³-hybridized carbons (Fsp3) is 0.643. The molecule has 2 rings (SSSR count). The van der Waals surface area contributed by atoms with Gasteiger partial charge in [0.1, 0.15) is 0 Å². The first-order chi connectivity index (χ1) is 10.0. The molecule has 1 aliphatic carbocycles. The Morgan fingerprint density at radius 2 is 2.19 bits per heavy atom. The first-order valence-electron chi connectivity index (χ1n) is 7.31. The fourth-order valence-corrected chi connectivity index (χ4v) is 2.55. The van der Waals surface area contributed by atoms with Crippen LogP contribution in [-0.4, -0.2) is 39.7 Å². The lowest BCUT2D eigenvalue weighted by atomic mass is 9.67. The zero-order chi connectivity index (χ0) is 15.3. The van der Waals surface area contributed by atoms with Gasteiger partial charge < -0.3 is 20.3 Å². The Morgan fingerprint density at radius 3 is 2.71 bits per heavy atom. The summed E-state index contributed by atoms with van der Waals surface area (Å²) in [4.78, 5) is 26.1. The number of hydrogen-bond donors (Lipinski definition) is 3. The molecule has 0 bridgehead atoms. The van der Waals surface area contributed by atoms with Crippen LogP contribution >= 0.6 is 0 Å². The van der Waals surface area contributed by atoms with Crippen molar-refractivity contribution in [1.29, 1.82) is 0 Å². The maximum Gasteiger partial charge on any atom is 0.356 e. The number of carbonyl (C=O) groups excluding carboxylic acids is 1. The molecule has 0 radical (unpaired) electrons. The van der Waals surface area contributed by atoms with E-state index in [1.54, 1.807) is 4.57 Å². The lowest BCUT2D eigenvalue weighted by Crippen LogP contribution is -2.45. The molecule has 1 aromatic heterocycles. The molecule has 3 N–H and O–H groups in total. The third-order valence-electron chi connectivity index (χ3n) is 4.30. The molecule has 0 unspecified atom stereocenters. The van der Waals surface area contributed by atoms with Crippen LogP contribution in [0.4, 0.5) is 4.79 Å². The minimum atomic E-state index is -1.05. The van der Waals surface area contributed by atoms with Crippen LogP contribution in [0, 0.1) is 5.41 Å². The summed E-state index contributed by atoms with van der Waals surface area (Å²) in [6, 6.07) is -0.173. The van der Waals surface area contributed by atoms with Crippen molar-refractivity contribution in [3.05, 3.63) is 18.2 Å². The van der Waals surface area contributed by atoms with Crippen LogP contribution in [0.2, 0.25) is 0 Å². The minimum Gasteiger partial charge on any atom is -0.476 e. The minimum absolute atomic E-state index is 0.00863. The maximum atomic E-state index is 11.7. The highest BCUT2D eigenvalue weighted by Crippen LogP contribution is 2.42. The van der Waals surface area contributed by atoms with Crippen molar-refractivity contribution < 1.29 is 14.7 Å². The highest BCUT2D eigenvalue weighted by Gasteiger charge is 2.35. The molecule has 0 spiro atoms. The standard InChI is InChI=1S/C14H22N4O3/c1-2-14(4-3-5-14)9-16-13(21)15-6-7-18-8-11(12(19)20)17-10-18/h8,10H,2-7,9H2,1H3,(H,19,20)(H2,15,16,21). The van der Waals surface area contributed by atoms with Crippen molar-refractivity contribution in [2.45, 2.75) is 39.2 Å². The SMILES string of the molecule is CCC1(CNC(=O)NCCn2cnc(C(=O)O)c2)CCC1. The number of imidazole rings is 1. The molecule has 7 heteroatoms. The second-order valence-electron chi connectivity index (χ2n) is 5.62. The van der Waals surface area contributed by atoms with Crippen molar-refractivity contribution in [2.24, 2.45) is 5.41 Å². The zero-order valence-corrected chi connectivity index (χ0v) is 12.3. The summed E-state index contributed by atoms with van der Waals surface area (Å²) < 4.78 is 1.64. The Balaban J connectivity index is 1.65. The Labute approximate surface area is 123 Å². The number of aromatic carboxylic acids is 1. The summed E-state index contributed by atoms with van der Waals surface area (Å²) in [7, 11) is 0. The topological polar surface area (TPSA) is 96.3 Å². The van der Waals surface area contributed by atoms with Gasteiger partial charge in [0.05, 0.1) is 6.33 Å². The summed E-state index contributed by atoms with van der Waals surface area (Å²) >= 11 is 0. The van der Waals surface area contributed by atoms with Gasteiger partial charge in [-0.3, -0.25) is 0 Å². The fourth-order valence-electron chi connectivity index (χ4n) is 2.55. The molecular formula is C14H22N4O3. The summed E-state index contributed by atoms with van der Waals surface area (Å²) in [6.07, 6.45) is 7.63. The Bertz CT molecular complexity index is 503. The van der Waals surface area contributed by atoms with Gasteiger partial charge in [-0.05, 0) is 24.7 Å². The highest BCUT2D eigenvalue weighted by molar-refractivity contribution is 5.84. The number of amides is 2. The van der Waals surface area contributed by atoms with E-state index < -0.39 is 5.97 Å². The molecule has 0 atom stereocenters. The lowest BCUT2D eigenvalue weighted by molar-refractivity contribution is 0.0691. The second-order valence-corrected chi connectivity index (χ2v) is 5.62. The Morgan fingerprint density at radius 1 is 1.43 bits per heavy atom. The van der Waals surface area contributed by atoms with Crippen LogP contribution in [0.1, 0.15) is 43.1 Å². The summed E-state index contributed by atoms with van der Waals surface area (Å²) in [5, 5.41) is 14.4. The molecule has 7 nitrogen and oxygen atoms in total. The molecule has 1 aliphatic rings. The van der Waals surface area contributed by atoms with E-state index in [0.717, 1.165) is 13.0 Å². The molecule has 1 heterocycles. The molecule has 1 saturated carbocycles. The van der Waals surface area contributed by atoms with Crippen molar-refractivity contribution in [2.75, 3.05) is 13.1 Å². The molecular weight excluding hydrogens is 272 g/mol. The van der Waals surface area contributed by atoms with E-state index in [9.17, 15) is 9.59 Å². The summed E-state index contributed by atoms with van der Waals surface area (Å²) in [5.74, 6) is -1.05. The van der Waals surface area contributed by atoms with Gasteiger partial charge in [0.15, 0.2) is 5.69 Å². The average molecular weight is 294 g/mol. The molecule has 1 fully saturated rings. The number of rotatable bonds is 7. The van der Waals surface area contributed by atoms with Crippen molar-refractivity contribution in [3.8, 4) is 0 Å². The van der Waals surface area contributed by atoms with Crippen LogP contribution in [0.15, 0.2) is 12.5 Å². The zero-order valence-electron chi connectivity index (χ0n) is 12.3. The van der Waals surface area contributed by atoms with Gasteiger partial charge in [-0.1, -0.05) is 13.3 Å². The van der Waals surface area contributed by atoms with Crippen molar-refractivity contribution in [3.63, 3.8) is 0 Å². The number of carboxylic acid groups (broad SMARTS) is 1. The van der Waals surface area contributed by atoms with Gasteiger partial charge in [-0.15, -0.1) is 0 Å². The number of carbonyl (C=O) groups is 2. The number of hydrogen-bond acceptors (Lipinski definition) is 3. The largest absolute Gasteiger partial charge is 0.476 e. The first kappa shape index (κ1) is 15.3. The number of aromatic nitrogens is 2. The molecule has 116 valence electrons. The van der Waals surface area contributed by atoms with Gasteiger partial charge in [-0.25, -0.2) is 14.6 Å². The third kappa shape index (κ3) is 3.96. The molecule has 2 amide bonds. The van der Waals surface area contributed by atoms with E-state index >= 15 is 0 Å². The second kappa shape index (κ2) is 6.60. The summed E-state index contributed by atoms with van der Waals surface area (Å²) in [6.45, 7) is 3.81. The van der Waals surface area contributed by atoms with Crippen molar-refractivity contribution >= 4 is 12.0 Å². The number of nitrogens with zero attached hydrogens (tertiary/aromatic N) is 2. The molecule has 0 aromatic carbocycles. The van der Waals surface area contributed by atoms with E-state index in [0.29, 0.717) is 18.5 Å². The van der Waals surface area contributed by atoms with Crippen LogP contribution < -0.4 is 10.6 Å². The number of urea groups is 1. The third-order valence-corrected chi connectivity index (χ3v) is 4.30. The number of carboxylic acids is 1. The molecule has 1 aromatic rings. The molecule has 0 saturated heterocycles. The van der Waals surface area contributed by atoms with E-state index in [2.05, 4.69) is 22.5 Å². The Hall–Kier alpha value is -2.05. The predicted octanol–water partition coefficient (Wildman–Crippen LogP) is 1.46. The Kier molecular flexibility index (Phi) is 4.82. The van der Waals surface area contributed by atoms with Gasteiger partial charge in [0, 0.05) is 25.8 Å². The summed E-state index contributed by atoms with van der Waals surface area (Å²) in [5.41, 5.74) is 0.312. The first-order valence-corrected chi connectivity index (χ1v) is 7.31. The lowest BCUT2D eigenvalue weighted by Gasteiger charge is -2.41. The van der Waals surface area contributed by atoms with Crippen LogP contribution in [0.3, 0.4) is 0 Å². The van der Waals surface area contributed by atoms with Crippen LogP contribution in [0.25, 0.3) is 0 Å². The average Bonchev–Trinajstić information content (AvgIpc) is 2.87. The molecule has 21 heavy (non-hydrogen) atoms. The normalized spacial score (nSPS) is 16.0. The van der Waals surface area contributed by atoms with E-state index in [4.69, 9.17) is 5.11 Å². The quantitative estimate of drug-likeness (QED) is 0.709. The van der Waals surface area contributed by atoms with Gasteiger partial charge in [0.25, 0.3) is 0 Å². The maximum absolute atomic E-state index is 11.7. The van der Waals surface area contributed by atoms with Gasteiger partial charge >= 0.3 is 12.0 Å².